The molecule has 0 N–H and O–H groups in total. The third-order valence-corrected chi connectivity index (χ3v) is 6.44. The summed E-state index contributed by atoms with van der Waals surface area (Å²) in [4.78, 5) is 0.0867. The van der Waals surface area contributed by atoms with Crippen molar-refractivity contribution in [1.29, 1.82) is 0 Å². The Morgan fingerprint density at radius 2 is 1.84 bits per heavy atom. The molecule has 1 aliphatic rings. The number of halogens is 4. The first-order valence-electron chi connectivity index (χ1n) is 6.30. The van der Waals surface area contributed by atoms with Gasteiger partial charge in [-0.2, -0.15) is 13.2 Å². The molecule has 1 fully saturated rings. The van der Waals surface area contributed by atoms with Gasteiger partial charge in [0.2, 0.25) is 10.0 Å². The van der Waals surface area contributed by atoms with Crippen molar-refractivity contribution in [1.82, 2.24) is 4.31 Å². The van der Waals surface area contributed by atoms with E-state index in [1.54, 1.807) is 0 Å². The molecule has 0 aromatic carbocycles. The maximum absolute atomic E-state index is 12.0. The first kappa shape index (κ1) is 17.2. The second-order valence-corrected chi connectivity index (χ2v) is 8.24. The summed E-state index contributed by atoms with van der Waals surface area (Å²) in [6.07, 6.45) is -2.07. The smallest absolute Gasteiger partial charge is 0.212 e. The lowest BCUT2D eigenvalue weighted by Gasteiger charge is -2.34. The molecule has 114 valence electrons. The van der Waals surface area contributed by atoms with E-state index in [1.807, 2.05) is 0 Å². The van der Waals surface area contributed by atoms with Gasteiger partial charge in [0.25, 0.3) is 0 Å². The van der Waals surface area contributed by atoms with Crippen molar-refractivity contribution < 1.29 is 21.6 Å². The fraction of sp³-hybridized carbons (Fsp3) is 1.00. The van der Waals surface area contributed by atoms with Gasteiger partial charge in [-0.15, -0.1) is 0 Å². The molecule has 0 aliphatic heterocycles. The number of sulfonamides is 1. The van der Waals surface area contributed by atoms with Crippen LogP contribution in [-0.2, 0) is 10.0 Å². The fourth-order valence-corrected chi connectivity index (χ4v) is 4.84. The summed E-state index contributed by atoms with van der Waals surface area (Å²) in [6, 6.07) is -0.148. The van der Waals surface area contributed by atoms with E-state index in [0.717, 1.165) is 25.7 Å². The van der Waals surface area contributed by atoms with E-state index in [-0.39, 0.29) is 17.3 Å². The van der Waals surface area contributed by atoms with Crippen molar-refractivity contribution in [2.24, 2.45) is 0 Å². The Labute approximate surface area is 120 Å². The van der Waals surface area contributed by atoms with Gasteiger partial charge in [0.1, 0.15) is 0 Å². The summed E-state index contributed by atoms with van der Waals surface area (Å²) < 4.78 is 61.3. The molecular formula is C11H19BrF3NO2S. The van der Waals surface area contributed by atoms with Crippen LogP contribution >= 0.6 is 15.9 Å². The summed E-state index contributed by atoms with van der Waals surface area (Å²) in [7, 11) is -2.15. The highest BCUT2D eigenvalue weighted by atomic mass is 79.9. The largest absolute Gasteiger partial charge is 0.389 e. The number of hydrogen-bond acceptors (Lipinski definition) is 2. The van der Waals surface area contributed by atoms with Gasteiger partial charge in [-0.05, 0) is 19.3 Å². The van der Waals surface area contributed by atoms with Crippen molar-refractivity contribution in [3.8, 4) is 0 Å². The molecule has 0 heterocycles. The highest BCUT2D eigenvalue weighted by Crippen LogP contribution is 2.30. The Bertz CT molecular complexity index is 386. The number of alkyl halides is 4. The van der Waals surface area contributed by atoms with Gasteiger partial charge in [-0.25, -0.2) is 12.7 Å². The van der Waals surface area contributed by atoms with Crippen LogP contribution in [0.2, 0.25) is 0 Å². The van der Waals surface area contributed by atoms with E-state index < -0.39 is 28.4 Å². The predicted octanol–water partition coefficient (Wildman–Crippen LogP) is 3.30. The highest BCUT2D eigenvalue weighted by molar-refractivity contribution is 9.09. The van der Waals surface area contributed by atoms with Crippen molar-refractivity contribution in [3.05, 3.63) is 0 Å². The van der Waals surface area contributed by atoms with Gasteiger partial charge in [-0.1, -0.05) is 28.8 Å². The number of nitrogens with zero attached hydrogens (tertiary/aromatic N) is 1. The van der Waals surface area contributed by atoms with Gasteiger partial charge in [0, 0.05) is 24.3 Å². The third kappa shape index (κ3) is 5.59. The molecule has 8 heteroatoms. The van der Waals surface area contributed by atoms with Crippen molar-refractivity contribution >= 4 is 26.0 Å². The molecule has 1 aliphatic carbocycles. The van der Waals surface area contributed by atoms with E-state index >= 15 is 0 Å². The predicted molar refractivity (Wildman–Crippen MR) is 71.8 cm³/mol. The number of rotatable bonds is 5. The van der Waals surface area contributed by atoms with E-state index in [4.69, 9.17) is 0 Å². The third-order valence-electron chi connectivity index (χ3n) is 3.42. The quantitative estimate of drug-likeness (QED) is 0.701. The Kier molecular flexibility index (Phi) is 6.13. The molecule has 0 saturated heterocycles. The maximum Gasteiger partial charge on any atom is 0.389 e. The average molecular weight is 366 g/mol. The van der Waals surface area contributed by atoms with Crippen molar-refractivity contribution in [2.45, 2.75) is 55.6 Å². The molecule has 0 amide bonds. The molecule has 0 bridgehead atoms. The standard InChI is InChI=1S/C11H19BrF3NO2S/c1-16(10-6-3-2-5-9(10)12)19(17,18)8-4-7-11(13,14)15/h9-10H,2-8H2,1H3. The summed E-state index contributed by atoms with van der Waals surface area (Å²) in [5, 5.41) is 0. The van der Waals surface area contributed by atoms with Crippen LogP contribution in [0, 0.1) is 0 Å². The highest BCUT2D eigenvalue weighted by Gasteiger charge is 2.34. The Morgan fingerprint density at radius 1 is 1.26 bits per heavy atom. The molecule has 2 atom stereocenters. The molecule has 2 unspecified atom stereocenters. The van der Waals surface area contributed by atoms with Gasteiger partial charge in [0.15, 0.2) is 0 Å². The lowest BCUT2D eigenvalue weighted by molar-refractivity contribution is -0.134. The molecule has 0 spiro atoms. The minimum Gasteiger partial charge on any atom is -0.212 e. The van der Waals surface area contributed by atoms with Crippen LogP contribution < -0.4 is 0 Å². The van der Waals surface area contributed by atoms with Gasteiger partial charge < -0.3 is 0 Å². The Morgan fingerprint density at radius 3 is 2.37 bits per heavy atom. The van der Waals surface area contributed by atoms with Crippen LogP contribution in [0.1, 0.15) is 38.5 Å². The van der Waals surface area contributed by atoms with Crippen molar-refractivity contribution in [2.75, 3.05) is 12.8 Å². The molecular weight excluding hydrogens is 347 g/mol. The van der Waals surface area contributed by atoms with Crippen LogP contribution in [-0.4, -0.2) is 42.6 Å². The normalized spacial score (nSPS) is 25.8. The summed E-state index contributed by atoms with van der Waals surface area (Å²) in [6.45, 7) is 0. The van der Waals surface area contributed by atoms with Crippen LogP contribution in [0.5, 0.6) is 0 Å². The zero-order valence-electron chi connectivity index (χ0n) is 10.8. The Balaban J connectivity index is 2.56. The van der Waals surface area contributed by atoms with E-state index in [9.17, 15) is 21.6 Å². The Hall–Kier alpha value is 0.180. The first-order chi connectivity index (χ1) is 8.63. The summed E-state index contributed by atoms with van der Waals surface area (Å²) >= 11 is 3.46. The summed E-state index contributed by atoms with van der Waals surface area (Å²) in [5.41, 5.74) is 0. The van der Waals surface area contributed by atoms with Crippen LogP contribution in [0.15, 0.2) is 0 Å². The van der Waals surface area contributed by atoms with E-state index in [2.05, 4.69) is 15.9 Å². The molecule has 0 aromatic heterocycles. The average Bonchev–Trinajstić information content (AvgIpc) is 2.26. The number of hydrogen-bond donors (Lipinski definition) is 0. The van der Waals surface area contributed by atoms with E-state index in [1.165, 1.54) is 11.4 Å². The van der Waals surface area contributed by atoms with Gasteiger partial charge in [0.05, 0.1) is 5.75 Å². The minimum atomic E-state index is -4.29. The van der Waals surface area contributed by atoms with Crippen LogP contribution in [0.3, 0.4) is 0 Å². The second-order valence-electron chi connectivity index (χ2n) is 4.92. The zero-order chi connectivity index (χ0) is 14.7. The van der Waals surface area contributed by atoms with Gasteiger partial charge in [-0.3, -0.25) is 0 Å². The van der Waals surface area contributed by atoms with E-state index in [0.29, 0.717) is 0 Å². The lowest BCUT2D eigenvalue weighted by atomic mass is 9.96. The second kappa shape index (κ2) is 6.76. The SMILES string of the molecule is CN(C1CCCCC1Br)S(=O)(=O)CCCC(F)(F)F. The topological polar surface area (TPSA) is 37.4 Å². The van der Waals surface area contributed by atoms with Gasteiger partial charge >= 0.3 is 6.18 Å². The summed E-state index contributed by atoms with van der Waals surface area (Å²) in [5.74, 6) is -0.445. The molecule has 0 aromatic rings. The molecule has 1 rings (SSSR count). The molecule has 3 nitrogen and oxygen atoms in total. The fourth-order valence-electron chi connectivity index (χ4n) is 2.28. The molecule has 0 radical (unpaired) electrons. The lowest BCUT2D eigenvalue weighted by Crippen LogP contribution is -2.44. The zero-order valence-corrected chi connectivity index (χ0v) is 13.2. The first-order valence-corrected chi connectivity index (χ1v) is 8.82. The molecule has 1 saturated carbocycles. The van der Waals surface area contributed by atoms with Crippen molar-refractivity contribution in [3.63, 3.8) is 0 Å². The monoisotopic (exact) mass is 365 g/mol. The van der Waals surface area contributed by atoms with Crippen LogP contribution in [0.25, 0.3) is 0 Å². The maximum atomic E-state index is 12.0. The minimum absolute atomic E-state index is 0.0867. The molecule has 19 heavy (non-hydrogen) atoms. The van der Waals surface area contributed by atoms with Crippen LogP contribution in [0.4, 0.5) is 13.2 Å².